The van der Waals surface area contributed by atoms with Gasteiger partial charge in [-0.3, -0.25) is 0 Å². The molecule has 0 aliphatic rings. The van der Waals surface area contributed by atoms with Gasteiger partial charge in [-0.2, -0.15) is 0 Å². The van der Waals surface area contributed by atoms with Crippen molar-refractivity contribution in [1.82, 2.24) is 19.5 Å². The summed E-state index contributed by atoms with van der Waals surface area (Å²) in [6, 6.07) is 62.8. The number of hydrogen-bond acceptors (Lipinski definition) is 5. The lowest BCUT2D eigenvalue weighted by Crippen LogP contribution is -2.00. The van der Waals surface area contributed by atoms with Gasteiger partial charge in [0.05, 0.1) is 16.6 Å². The Kier molecular flexibility index (Phi) is 6.83. The molecular weight excluding hydrogens is 701 g/mol. The Morgan fingerprint density at radius 1 is 0.351 bits per heavy atom. The summed E-state index contributed by atoms with van der Waals surface area (Å²) in [7, 11) is 0. The van der Waals surface area contributed by atoms with Crippen LogP contribution in [0.5, 0.6) is 0 Å². The lowest BCUT2D eigenvalue weighted by Gasteiger charge is -2.11. The van der Waals surface area contributed by atoms with Crippen molar-refractivity contribution in [1.29, 1.82) is 0 Å². The molecule has 0 saturated heterocycles. The van der Waals surface area contributed by atoms with Crippen LogP contribution in [-0.2, 0) is 0 Å². The summed E-state index contributed by atoms with van der Waals surface area (Å²) in [5.41, 5.74) is 11.4. The van der Waals surface area contributed by atoms with E-state index in [0.717, 1.165) is 77.4 Å². The zero-order valence-electron chi connectivity index (χ0n) is 30.4. The number of rotatable bonds is 5. The molecule has 12 rings (SSSR count). The second kappa shape index (κ2) is 12.3. The van der Waals surface area contributed by atoms with Gasteiger partial charge < -0.3 is 13.4 Å². The van der Waals surface area contributed by atoms with Crippen molar-refractivity contribution in [2.45, 2.75) is 0 Å². The lowest BCUT2D eigenvalue weighted by molar-refractivity contribution is 0.668. The lowest BCUT2D eigenvalue weighted by atomic mass is 10.00. The summed E-state index contributed by atoms with van der Waals surface area (Å²) in [6.07, 6.45) is 0. The van der Waals surface area contributed by atoms with Crippen LogP contribution in [0.4, 0.5) is 0 Å². The molecule has 0 fully saturated rings. The third kappa shape index (κ3) is 4.94. The number of aromatic nitrogens is 4. The third-order valence-corrected chi connectivity index (χ3v) is 11.1. The maximum Gasteiger partial charge on any atom is 0.167 e. The second-order valence-corrected chi connectivity index (χ2v) is 14.4. The predicted octanol–water partition coefficient (Wildman–Crippen LogP) is 13.4. The fourth-order valence-electron chi connectivity index (χ4n) is 8.45. The van der Waals surface area contributed by atoms with Crippen molar-refractivity contribution in [3.8, 4) is 51.0 Å². The molecule has 0 N–H and O–H groups in total. The van der Waals surface area contributed by atoms with Crippen LogP contribution in [0.2, 0.25) is 0 Å². The molecular formula is C51H30N4O2. The van der Waals surface area contributed by atoms with Crippen LogP contribution < -0.4 is 0 Å². The number of benzene rings is 8. The van der Waals surface area contributed by atoms with E-state index in [-0.39, 0.29) is 0 Å². The Bertz CT molecular complexity index is 3530. The third-order valence-electron chi connectivity index (χ3n) is 11.1. The quantitative estimate of drug-likeness (QED) is 0.176. The monoisotopic (exact) mass is 730 g/mol. The number of hydrogen-bond donors (Lipinski definition) is 0. The average molecular weight is 731 g/mol. The molecule has 0 atom stereocenters. The summed E-state index contributed by atoms with van der Waals surface area (Å²) in [6.45, 7) is 0. The van der Waals surface area contributed by atoms with Gasteiger partial charge in [-0.1, -0.05) is 127 Å². The molecule has 0 aliphatic carbocycles. The van der Waals surface area contributed by atoms with Gasteiger partial charge in [0.25, 0.3) is 0 Å². The van der Waals surface area contributed by atoms with E-state index in [1.807, 2.05) is 66.7 Å². The smallest absolute Gasteiger partial charge is 0.167 e. The molecule has 57 heavy (non-hydrogen) atoms. The van der Waals surface area contributed by atoms with E-state index in [1.54, 1.807) is 0 Å². The van der Waals surface area contributed by atoms with Gasteiger partial charge in [-0.15, -0.1) is 0 Å². The molecule has 4 aromatic heterocycles. The molecule has 12 aromatic rings. The van der Waals surface area contributed by atoms with Crippen LogP contribution in [0.3, 0.4) is 0 Å². The Morgan fingerprint density at radius 2 is 0.930 bits per heavy atom. The van der Waals surface area contributed by atoms with Crippen LogP contribution >= 0.6 is 0 Å². The summed E-state index contributed by atoms with van der Waals surface area (Å²) in [5, 5.41) is 6.59. The maximum absolute atomic E-state index is 6.69. The van der Waals surface area contributed by atoms with Crippen LogP contribution in [0.15, 0.2) is 191 Å². The van der Waals surface area contributed by atoms with E-state index in [4.69, 9.17) is 23.8 Å². The van der Waals surface area contributed by atoms with Gasteiger partial charge in [0.1, 0.15) is 22.3 Å². The van der Waals surface area contributed by atoms with Gasteiger partial charge in [-0.05, 0) is 60.2 Å². The van der Waals surface area contributed by atoms with Crippen molar-refractivity contribution in [2.75, 3.05) is 0 Å². The fraction of sp³-hybridized carbons (Fsp3) is 0. The molecule has 0 aliphatic heterocycles. The number of nitrogens with zero attached hydrogens (tertiary/aromatic N) is 4. The molecule has 0 unspecified atom stereocenters. The minimum absolute atomic E-state index is 0.542. The summed E-state index contributed by atoms with van der Waals surface area (Å²) in [4.78, 5) is 15.1. The first-order chi connectivity index (χ1) is 28.2. The van der Waals surface area contributed by atoms with Crippen molar-refractivity contribution in [2.24, 2.45) is 0 Å². The molecule has 266 valence electrons. The SMILES string of the molecule is c1ccc(-c2nc(-c3ccc4c(c3)oc3cc(-c5cccc6c7ccccc7n(-c7ccccc7)c56)ccc34)nc(-c3cccc4c3oc3ccccc34)n2)cc1. The highest BCUT2D eigenvalue weighted by Gasteiger charge is 2.20. The molecule has 0 saturated carbocycles. The summed E-state index contributed by atoms with van der Waals surface area (Å²) >= 11 is 0. The first-order valence-corrected chi connectivity index (χ1v) is 19.0. The van der Waals surface area contributed by atoms with E-state index in [0.29, 0.717) is 17.5 Å². The first kappa shape index (κ1) is 31.5. The van der Waals surface area contributed by atoms with Gasteiger partial charge in [0, 0.05) is 54.7 Å². The van der Waals surface area contributed by atoms with Crippen molar-refractivity contribution in [3.63, 3.8) is 0 Å². The Morgan fingerprint density at radius 3 is 1.74 bits per heavy atom. The topological polar surface area (TPSA) is 69.9 Å². The van der Waals surface area contributed by atoms with Gasteiger partial charge in [0.2, 0.25) is 0 Å². The summed E-state index contributed by atoms with van der Waals surface area (Å²) < 4.78 is 15.5. The summed E-state index contributed by atoms with van der Waals surface area (Å²) in [5.74, 6) is 1.68. The van der Waals surface area contributed by atoms with E-state index < -0.39 is 0 Å². The zero-order valence-corrected chi connectivity index (χ0v) is 30.4. The Balaban J connectivity index is 1.01. The molecule has 0 spiro atoms. The van der Waals surface area contributed by atoms with E-state index in [2.05, 4.69) is 120 Å². The van der Waals surface area contributed by atoms with Crippen LogP contribution in [0, 0.1) is 0 Å². The van der Waals surface area contributed by atoms with Crippen molar-refractivity contribution < 1.29 is 8.83 Å². The highest BCUT2D eigenvalue weighted by atomic mass is 16.3. The second-order valence-electron chi connectivity index (χ2n) is 14.4. The van der Waals surface area contributed by atoms with Crippen molar-refractivity contribution in [3.05, 3.63) is 182 Å². The van der Waals surface area contributed by atoms with Crippen LogP contribution in [0.25, 0.3) is 117 Å². The van der Waals surface area contributed by atoms with Gasteiger partial charge in [-0.25, -0.2) is 15.0 Å². The minimum atomic E-state index is 0.542. The largest absolute Gasteiger partial charge is 0.456 e. The number of para-hydroxylation sites is 5. The highest BCUT2D eigenvalue weighted by molar-refractivity contribution is 6.15. The van der Waals surface area contributed by atoms with E-state index in [9.17, 15) is 0 Å². The normalized spacial score (nSPS) is 11.9. The minimum Gasteiger partial charge on any atom is -0.456 e. The average Bonchev–Trinajstić information content (AvgIpc) is 3.96. The molecule has 0 bridgehead atoms. The Labute approximate surface area is 325 Å². The van der Waals surface area contributed by atoms with Crippen LogP contribution in [0.1, 0.15) is 0 Å². The van der Waals surface area contributed by atoms with Gasteiger partial charge in [0.15, 0.2) is 17.5 Å². The molecule has 0 amide bonds. The molecule has 8 aromatic carbocycles. The first-order valence-electron chi connectivity index (χ1n) is 19.0. The Hall–Kier alpha value is -7.83. The van der Waals surface area contributed by atoms with E-state index in [1.165, 1.54) is 21.8 Å². The maximum atomic E-state index is 6.69. The zero-order chi connectivity index (χ0) is 37.5. The number of furan rings is 2. The van der Waals surface area contributed by atoms with E-state index >= 15 is 0 Å². The molecule has 4 heterocycles. The number of fused-ring (bicyclic) bond motifs is 9. The van der Waals surface area contributed by atoms with Crippen LogP contribution in [-0.4, -0.2) is 19.5 Å². The van der Waals surface area contributed by atoms with Gasteiger partial charge >= 0.3 is 0 Å². The molecule has 6 heteroatoms. The van der Waals surface area contributed by atoms with Crippen molar-refractivity contribution >= 4 is 65.7 Å². The highest BCUT2D eigenvalue weighted by Crippen LogP contribution is 2.41. The fourth-order valence-corrected chi connectivity index (χ4v) is 8.45. The molecule has 6 nitrogen and oxygen atoms in total. The molecule has 0 radical (unpaired) electrons. The predicted molar refractivity (Wildman–Crippen MR) is 230 cm³/mol. The standard InChI is InChI=1S/C51H30N4O2/c1-3-13-31(14-4-1)49-52-50(54-51(53-49)42-22-12-21-41-37-18-8-10-24-44(37)57-48(41)42)33-26-28-39-38-27-25-32(29-45(38)56-46(39)30-33)35-19-11-20-40-36-17-7-9-23-43(36)55(47(35)40)34-15-5-2-6-16-34/h1-30H.